The molecule has 90 valence electrons. The van der Waals surface area contributed by atoms with Gasteiger partial charge in [0.1, 0.15) is 17.5 Å². The maximum Gasteiger partial charge on any atom is 0.135 e. The monoisotopic (exact) mass is 223 g/mol. The van der Waals surface area contributed by atoms with Crippen molar-refractivity contribution in [3.05, 3.63) is 11.9 Å². The summed E-state index contributed by atoms with van der Waals surface area (Å²) in [5.41, 5.74) is 5.73. The largest absolute Gasteiger partial charge is 0.384 e. The molecule has 5 heteroatoms. The Labute approximate surface area is 97.1 Å². The Morgan fingerprint density at radius 2 is 2.06 bits per heavy atom. The van der Waals surface area contributed by atoms with Crippen LogP contribution in [0, 0.1) is 0 Å². The Balaban J connectivity index is 2.65. The zero-order valence-corrected chi connectivity index (χ0v) is 10.5. The van der Waals surface area contributed by atoms with Crippen molar-refractivity contribution in [3.63, 3.8) is 0 Å². The van der Waals surface area contributed by atoms with E-state index in [0.29, 0.717) is 5.82 Å². The van der Waals surface area contributed by atoms with Gasteiger partial charge in [0.25, 0.3) is 0 Å². The minimum absolute atomic E-state index is 0.290. The lowest BCUT2D eigenvalue weighted by Gasteiger charge is -2.12. The van der Waals surface area contributed by atoms with Gasteiger partial charge in [-0.3, -0.25) is 0 Å². The predicted molar refractivity (Wildman–Crippen MR) is 67.6 cm³/mol. The highest BCUT2D eigenvalue weighted by molar-refractivity contribution is 5.44. The molecule has 0 aliphatic rings. The van der Waals surface area contributed by atoms with E-state index < -0.39 is 0 Å². The second-order valence-electron chi connectivity index (χ2n) is 4.42. The summed E-state index contributed by atoms with van der Waals surface area (Å²) < 4.78 is 0. The van der Waals surface area contributed by atoms with Crippen molar-refractivity contribution in [2.24, 2.45) is 0 Å². The van der Waals surface area contributed by atoms with Gasteiger partial charge < -0.3 is 16.0 Å². The second kappa shape index (κ2) is 5.65. The Hall–Kier alpha value is -1.36. The first kappa shape index (κ1) is 12.7. The molecular formula is C11H21N5. The summed E-state index contributed by atoms with van der Waals surface area (Å²) in [5, 5.41) is 3.24. The van der Waals surface area contributed by atoms with E-state index in [1.807, 2.05) is 14.1 Å². The number of hydrogen-bond donors (Lipinski definition) is 2. The van der Waals surface area contributed by atoms with E-state index in [1.54, 1.807) is 6.07 Å². The summed E-state index contributed by atoms with van der Waals surface area (Å²) in [4.78, 5) is 10.7. The molecule has 0 saturated heterocycles. The quantitative estimate of drug-likeness (QED) is 0.784. The topological polar surface area (TPSA) is 67.1 Å². The summed E-state index contributed by atoms with van der Waals surface area (Å²) in [5.74, 6) is 2.40. The number of rotatable bonds is 5. The number of aromatic nitrogens is 2. The van der Waals surface area contributed by atoms with Gasteiger partial charge in [-0.1, -0.05) is 13.8 Å². The van der Waals surface area contributed by atoms with E-state index in [9.17, 15) is 0 Å². The van der Waals surface area contributed by atoms with E-state index in [2.05, 4.69) is 34.0 Å². The highest BCUT2D eigenvalue weighted by Crippen LogP contribution is 2.14. The molecule has 0 bridgehead atoms. The minimum atomic E-state index is 0.290. The van der Waals surface area contributed by atoms with Gasteiger partial charge in [0.15, 0.2) is 0 Å². The van der Waals surface area contributed by atoms with Gasteiger partial charge in [-0.15, -0.1) is 0 Å². The molecule has 0 aromatic carbocycles. The van der Waals surface area contributed by atoms with Gasteiger partial charge in [-0.25, -0.2) is 9.97 Å². The molecular weight excluding hydrogens is 202 g/mol. The summed E-state index contributed by atoms with van der Waals surface area (Å²) in [6.45, 7) is 5.92. The van der Waals surface area contributed by atoms with E-state index in [1.165, 1.54) is 0 Å². The first-order chi connectivity index (χ1) is 7.49. The summed E-state index contributed by atoms with van der Waals surface area (Å²) >= 11 is 0. The maximum absolute atomic E-state index is 5.73. The zero-order valence-electron chi connectivity index (χ0n) is 10.5. The second-order valence-corrected chi connectivity index (χ2v) is 4.42. The third kappa shape index (κ3) is 4.02. The molecule has 0 saturated carbocycles. The molecule has 3 N–H and O–H groups in total. The van der Waals surface area contributed by atoms with Crippen molar-refractivity contribution in [1.82, 2.24) is 14.9 Å². The summed E-state index contributed by atoms with van der Waals surface area (Å²) in [7, 11) is 4.07. The predicted octanol–water partition coefficient (Wildman–Crippen LogP) is 1.16. The number of nitrogen functional groups attached to an aromatic ring is 1. The van der Waals surface area contributed by atoms with Crippen molar-refractivity contribution in [3.8, 4) is 0 Å². The fourth-order valence-electron chi connectivity index (χ4n) is 1.24. The van der Waals surface area contributed by atoms with Gasteiger partial charge in [-0.05, 0) is 14.1 Å². The zero-order chi connectivity index (χ0) is 12.1. The molecule has 0 aliphatic carbocycles. The number of likely N-dealkylation sites (N-methyl/N-ethyl adjacent to an activating group) is 1. The van der Waals surface area contributed by atoms with Gasteiger partial charge in [0.2, 0.25) is 0 Å². The molecule has 0 radical (unpaired) electrons. The molecule has 5 nitrogen and oxygen atoms in total. The molecule has 0 amide bonds. The molecule has 0 unspecified atom stereocenters. The normalized spacial score (nSPS) is 11.1. The number of hydrogen-bond acceptors (Lipinski definition) is 5. The summed E-state index contributed by atoms with van der Waals surface area (Å²) in [6.07, 6.45) is 0. The van der Waals surface area contributed by atoms with E-state index in [-0.39, 0.29) is 5.92 Å². The molecule has 0 spiro atoms. The fraction of sp³-hybridized carbons (Fsp3) is 0.636. The van der Waals surface area contributed by atoms with Gasteiger partial charge >= 0.3 is 0 Å². The van der Waals surface area contributed by atoms with Crippen molar-refractivity contribution in [2.75, 3.05) is 38.2 Å². The van der Waals surface area contributed by atoms with Crippen molar-refractivity contribution in [1.29, 1.82) is 0 Å². The lowest BCUT2D eigenvalue weighted by atomic mass is 10.2. The third-order valence-electron chi connectivity index (χ3n) is 2.14. The molecule has 1 aromatic rings. The van der Waals surface area contributed by atoms with Crippen LogP contribution >= 0.6 is 0 Å². The molecule has 1 rings (SSSR count). The first-order valence-corrected chi connectivity index (χ1v) is 5.52. The molecule has 1 heterocycles. The highest BCUT2D eigenvalue weighted by Gasteiger charge is 2.06. The molecule has 0 atom stereocenters. The van der Waals surface area contributed by atoms with Crippen LogP contribution in [0.2, 0.25) is 0 Å². The Morgan fingerprint density at radius 1 is 1.38 bits per heavy atom. The number of nitrogens with one attached hydrogen (secondary N) is 1. The van der Waals surface area contributed by atoms with E-state index >= 15 is 0 Å². The number of nitrogens with two attached hydrogens (primary N) is 1. The number of nitrogens with zero attached hydrogens (tertiary/aromatic N) is 3. The third-order valence-corrected chi connectivity index (χ3v) is 2.14. The van der Waals surface area contributed by atoms with Crippen LogP contribution in [-0.2, 0) is 0 Å². The summed E-state index contributed by atoms with van der Waals surface area (Å²) in [6, 6.07) is 1.77. The average Bonchev–Trinajstić information content (AvgIpc) is 2.16. The smallest absolute Gasteiger partial charge is 0.135 e. The van der Waals surface area contributed by atoms with Crippen LogP contribution in [0.4, 0.5) is 11.6 Å². The molecule has 0 fully saturated rings. The minimum Gasteiger partial charge on any atom is -0.384 e. The highest BCUT2D eigenvalue weighted by atomic mass is 15.1. The van der Waals surface area contributed by atoms with Crippen LogP contribution in [0.5, 0.6) is 0 Å². The van der Waals surface area contributed by atoms with Gasteiger partial charge in [-0.2, -0.15) is 0 Å². The Morgan fingerprint density at radius 3 is 2.62 bits per heavy atom. The lowest BCUT2D eigenvalue weighted by Crippen LogP contribution is -2.21. The lowest BCUT2D eigenvalue weighted by molar-refractivity contribution is 0.425. The van der Waals surface area contributed by atoms with Crippen LogP contribution < -0.4 is 11.1 Å². The van der Waals surface area contributed by atoms with E-state index in [4.69, 9.17) is 5.73 Å². The van der Waals surface area contributed by atoms with Crippen LogP contribution in [0.25, 0.3) is 0 Å². The molecule has 1 aromatic heterocycles. The van der Waals surface area contributed by atoms with E-state index in [0.717, 1.165) is 24.7 Å². The SMILES string of the molecule is CC(C)c1nc(N)cc(NCCN(C)C)n1. The fourth-order valence-corrected chi connectivity index (χ4v) is 1.24. The van der Waals surface area contributed by atoms with Crippen molar-refractivity contribution >= 4 is 11.6 Å². The van der Waals surface area contributed by atoms with Crippen molar-refractivity contribution in [2.45, 2.75) is 19.8 Å². The van der Waals surface area contributed by atoms with Crippen LogP contribution in [-0.4, -0.2) is 42.1 Å². The van der Waals surface area contributed by atoms with Crippen LogP contribution in [0.1, 0.15) is 25.6 Å². The molecule has 16 heavy (non-hydrogen) atoms. The van der Waals surface area contributed by atoms with Crippen molar-refractivity contribution < 1.29 is 0 Å². The standard InChI is InChI=1S/C11H21N5/c1-8(2)11-14-9(12)7-10(15-11)13-5-6-16(3)4/h7-8H,5-6H2,1-4H3,(H3,12,13,14,15). The van der Waals surface area contributed by atoms with Gasteiger partial charge in [0, 0.05) is 25.1 Å². The maximum atomic E-state index is 5.73. The van der Waals surface area contributed by atoms with Gasteiger partial charge in [0.05, 0.1) is 0 Å². The first-order valence-electron chi connectivity index (χ1n) is 5.52. The Kier molecular flexibility index (Phi) is 4.49. The average molecular weight is 223 g/mol. The van der Waals surface area contributed by atoms with Crippen LogP contribution in [0.3, 0.4) is 0 Å². The molecule has 0 aliphatic heterocycles. The van der Waals surface area contributed by atoms with Crippen LogP contribution in [0.15, 0.2) is 6.07 Å². The Bertz CT molecular complexity index is 335. The number of anilines is 2.